The highest BCUT2D eigenvalue weighted by molar-refractivity contribution is 6.04. The van der Waals surface area contributed by atoms with Crippen LogP contribution in [-0.2, 0) is 6.42 Å². The van der Waals surface area contributed by atoms with E-state index in [-0.39, 0.29) is 29.4 Å². The lowest BCUT2D eigenvalue weighted by Crippen LogP contribution is -2.22. The van der Waals surface area contributed by atoms with Crippen molar-refractivity contribution in [3.63, 3.8) is 0 Å². The number of aromatic nitrogens is 2. The third-order valence-electron chi connectivity index (χ3n) is 5.86. The predicted octanol–water partition coefficient (Wildman–Crippen LogP) is 5.45. The lowest BCUT2D eigenvalue weighted by Gasteiger charge is -2.23. The number of Topliss-reactive ketones (excluding diaryl/α,β-unsaturated/α-hetero) is 1. The zero-order chi connectivity index (χ0) is 22.8. The van der Waals surface area contributed by atoms with Gasteiger partial charge < -0.3 is 0 Å². The number of anilines is 1. The largest absolute Gasteiger partial charge is 0.294 e. The molecule has 0 unspecified atom stereocenters. The van der Waals surface area contributed by atoms with E-state index < -0.39 is 0 Å². The molecule has 1 aromatic heterocycles. The van der Waals surface area contributed by atoms with Gasteiger partial charge in [-0.3, -0.25) is 14.9 Å². The first-order valence-electron chi connectivity index (χ1n) is 10.7. The maximum Gasteiger partial charge on any atom is 0.258 e. The second kappa shape index (κ2) is 8.74. The van der Waals surface area contributed by atoms with Crippen molar-refractivity contribution in [1.29, 1.82) is 0 Å². The van der Waals surface area contributed by atoms with E-state index in [0.29, 0.717) is 29.7 Å². The quantitative estimate of drug-likeness (QED) is 0.461. The van der Waals surface area contributed by atoms with Crippen molar-refractivity contribution < 1.29 is 14.0 Å². The molecule has 1 aliphatic rings. The summed E-state index contributed by atoms with van der Waals surface area (Å²) in [6.45, 7) is 0. The fourth-order valence-electron chi connectivity index (χ4n) is 4.09. The molecule has 3 aromatic carbocycles. The molecule has 5 nitrogen and oxygen atoms in total. The Kier molecular flexibility index (Phi) is 5.48. The van der Waals surface area contributed by atoms with E-state index in [0.717, 1.165) is 16.7 Å². The number of hydrogen-bond acceptors (Lipinski definition) is 4. The van der Waals surface area contributed by atoms with Crippen LogP contribution in [0.4, 0.5) is 10.3 Å². The third-order valence-corrected chi connectivity index (χ3v) is 5.86. The molecule has 6 heteroatoms. The molecule has 5 rings (SSSR count). The summed E-state index contributed by atoms with van der Waals surface area (Å²) >= 11 is 0. The number of amides is 1. The lowest BCUT2D eigenvalue weighted by molar-refractivity contribution is 0.0962. The smallest absolute Gasteiger partial charge is 0.258 e. The molecule has 0 spiro atoms. The summed E-state index contributed by atoms with van der Waals surface area (Å²) < 4.78 is 13.3. The normalized spacial score (nSPS) is 15.1. The number of benzene rings is 3. The number of hydrogen-bond donors (Lipinski definition) is 1. The number of carbonyl (C=O) groups is 2. The Hall–Kier alpha value is -4.19. The topological polar surface area (TPSA) is 72.0 Å². The first kappa shape index (κ1) is 20.7. The summed E-state index contributed by atoms with van der Waals surface area (Å²) in [5, 5.41) is 2.72. The van der Waals surface area contributed by atoms with Crippen LogP contribution in [0.5, 0.6) is 0 Å². The average molecular weight is 437 g/mol. The summed E-state index contributed by atoms with van der Waals surface area (Å²) in [6, 6.07) is 23.4. The minimum Gasteiger partial charge on any atom is -0.294 e. The Labute approximate surface area is 190 Å². The van der Waals surface area contributed by atoms with Crippen LogP contribution in [0.1, 0.15) is 44.3 Å². The lowest BCUT2D eigenvalue weighted by atomic mass is 9.82. The number of nitrogens with zero attached hydrogens (tertiary/aromatic N) is 2. The van der Waals surface area contributed by atoms with E-state index >= 15 is 0 Å². The van der Waals surface area contributed by atoms with Gasteiger partial charge in [-0.15, -0.1) is 0 Å². The standard InChI is InChI=1S/C27H20FN3O2/c28-22-12-10-19(11-13-22)21-14-24-23(25(32)15-21)16-29-27(30-24)31-26(33)20-8-6-18(7-9-20)17-4-2-1-3-5-17/h1-13,16,21H,14-15H2,(H,29,30,31,33)/t21-/m0/s1. The van der Waals surface area contributed by atoms with E-state index in [1.165, 1.54) is 18.3 Å². The van der Waals surface area contributed by atoms with Gasteiger partial charge in [0.15, 0.2) is 5.78 Å². The van der Waals surface area contributed by atoms with Gasteiger partial charge in [-0.25, -0.2) is 14.4 Å². The van der Waals surface area contributed by atoms with Crippen molar-refractivity contribution >= 4 is 17.6 Å². The molecule has 1 heterocycles. The maximum atomic E-state index is 13.3. The number of nitrogens with one attached hydrogen (secondary N) is 1. The number of rotatable bonds is 4. The van der Waals surface area contributed by atoms with Crippen molar-refractivity contribution in [1.82, 2.24) is 9.97 Å². The van der Waals surface area contributed by atoms with Crippen LogP contribution in [0.25, 0.3) is 11.1 Å². The molecular weight excluding hydrogens is 417 g/mol. The maximum absolute atomic E-state index is 13.3. The van der Waals surface area contributed by atoms with Gasteiger partial charge >= 0.3 is 0 Å². The Balaban J connectivity index is 1.33. The van der Waals surface area contributed by atoms with Crippen molar-refractivity contribution in [2.45, 2.75) is 18.8 Å². The molecule has 1 aliphatic carbocycles. The minimum atomic E-state index is -0.327. The van der Waals surface area contributed by atoms with Crippen LogP contribution in [0, 0.1) is 5.82 Å². The number of halogens is 1. The summed E-state index contributed by atoms with van der Waals surface area (Å²) in [7, 11) is 0. The van der Waals surface area contributed by atoms with E-state index in [9.17, 15) is 14.0 Å². The molecule has 0 aliphatic heterocycles. The van der Waals surface area contributed by atoms with Gasteiger partial charge in [0.05, 0.1) is 11.3 Å². The zero-order valence-electron chi connectivity index (χ0n) is 17.7. The number of ketones is 1. The Bertz CT molecular complexity index is 1320. The molecule has 162 valence electrons. The highest BCUT2D eigenvalue weighted by Crippen LogP contribution is 2.32. The number of fused-ring (bicyclic) bond motifs is 1. The van der Waals surface area contributed by atoms with E-state index in [2.05, 4.69) is 15.3 Å². The van der Waals surface area contributed by atoms with Gasteiger partial charge in [0.1, 0.15) is 5.82 Å². The van der Waals surface area contributed by atoms with Crippen molar-refractivity contribution in [3.8, 4) is 11.1 Å². The Morgan fingerprint density at radius 3 is 2.30 bits per heavy atom. The van der Waals surface area contributed by atoms with E-state index in [1.54, 1.807) is 24.3 Å². The van der Waals surface area contributed by atoms with Crippen LogP contribution < -0.4 is 5.32 Å². The highest BCUT2D eigenvalue weighted by Gasteiger charge is 2.28. The molecule has 1 N–H and O–H groups in total. The molecule has 0 fully saturated rings. The molecule has 1 atom stereocenters. The molecule has 0 bridgehead atoms. The molecule has 0 saturated heterocycles. The Morgan fingerprint density at radius 2 is 1.58 bits per heavy atom. The summed E-state index contributed by atoms with van der Waals surface area (Å²) in [5.41, 5.74) is 4.52. The van der Waals surface area contributed by atoms with Crippen molar-refractivity contribution in [2.24, 2.45) is 0 Å². The van der Waals surface area contributed by atoms with E-state index in [4.69, 9.17) is 0 Å². The van der Waals surface area contributed by atoms with E-state index in [1.807, 2.05) is 42.5 Å². The van der Waals surface area contributed by atoms with Gasteiger partial charge in [0.25, 0.3) is 5.91 Å². The van der Waals surface area contributed by atoms with Crippen molar-refractivity contribution in [2.75, 3.05) is 5.32 Å². The summed E-state index contributed by atoms with van der Waals surface area (Å²) in [4.78, 5) is 33.9. The predicted molar refractivity (Wildman–Crippen MR) is 124 cm³/mol. The zero-order valence-corrected chi connectivity index (χ0v) is 17.7. The SMILES string of the molecule is O=C(Nc1ncc2c(n1)C[C@H](c1ccc(F)cc1)CC2=O)c1ccc(-c2ccccc2)cc1. The second-order valence-corrected chi connectivity index (χ2v) is 8.03. The van der Waals surface area contributed by atoms with Crippen LogP contribution in [0.2, 0.25) is 0 Å². The molecule has 0 saturated carbocycles. The van der Waals surface area contributed by atoms with Crippen molar-refractivity contribution in [3.05, 3.63) is 113 Å². The van der Waals surface area contributed by atoms with Gasteiger partial charge in [0, 0.05) is 18.2 Å². The third kappa shape index (κ3) is 4.41. The summed E-state index contributed by atoms with van der Waals surface area (Å²) in [5.74, 6) is -0.634. The Morgan fingerprint density at radius 1 is 0.879 bits per heavy atom. The molecule has 1 amide bonds. The first-order chi connectivity index (χ1) is 16.1. The molecule has 4 aromatic rings. The molecule has 33 heavy (non-hydrogen) atoms. The van der Waals surface area contributed by atoms with Gasteiger partial charge in [-0.1, -0.05) is 54.6 Å². The van der Waals surface area contributed by atoms with Crippen LogP contribution in [0.3, 0.4) is 0 Å². The monoisotopic (exact) mass is 437 g/mol. The van der Waals surface area contributed by atoms with Gasteiger partial charge in [-0.2, -0.15) is 0 Å². The van der Waals surface area contributed by atoms with Gasteiger partial charge in [-0.05, 0) is 53.3 Å². The number of carbonyl (C=O) groups excluding carboxylic acids is 2. The van der Waals surface area contributed by atoms with Gasteiger partial charge in [0.2, 0.25) is 5.95 Å². The first-order valence-corrected chi connectivity index (χ1v) is 10.7. The summed E-state index contributed by atoms with van der Waals surface area (Å²) in [6.07, 6.45) is 2.31. The van der Waals surface area contributed by atoms with Crippen LogP contribution in [-0.4, -0.2) is 21.7 Å². The fourth-order valence-corrected chi connectivity index (χ4v) is 4.09. The second-order valence-electron chi connectivity index (χ2n) is 8.03. The molecule has 0 radical (unpaired) electrons. The minimum absolute atomic E-state index is 0.0556. The van der Waals surface area contributed by atoms with Crippen LogP contribution in [0.15, 0.2) is 85.1 Å². The fraction of sp³-hybridized carbons (Fsp3) is 0.111. The molecular formula is C27H20FN3O2. The van der Waals surface area contributed by atoms with Crippen LogP contribution >= 0.6 is 0 Å². The average Bonchev–Trinajstić information content (AvgIpc) is 2.85. The highest BCUT2D eigenvalue weighted by atomic mass is 19.1.